The molecule has 0 bridgehead atoms. The topological polar surface area (TPSA) is 63.4 Å². The number of aryl methyl sites for hydroxylation is 1. The molecular formula is C18H23N5O2. The van der Waals surface area contributed by atoms with E-state index in [-0.39, 0.29) is 11.8 Å². The van der Waals surface area contributed by atoms with Gasteiger partial charge in [-0.05, 0) is 37.5 Å². The molecule has 2 aromatic heterocycles. The molecule has 2 aromatic rings. The summed E-state index contributed by atoms with van der Waals surface area (Å²) in [5, 5.41) is 4.37. The van der Waals surface area contributed by atoms with Crippen LogP contribution in [0.4, 0.5) is 0 Å². The zero-order valence-corrected chi connectivity index (χ0v) is 14.5. The fourth-order valence-corrected chi connectivity index (χ4v) is 3.80. The lowest BCUT2D eigenvalue weighted by molar-refractivity contribution is -0.147. The maximum Gasteiger partial charge on any atom is 0.270 e. The van der Waals surface area contributed by atoms with Crippen LogP contribution in [0, 0.1) is 0 Å². The standard InChI is InChI=1S/C18H23N5O2/c1-20-9-2-5-15(20)16(24)21-13-6-18(7-14-21,23-12-3-8-19-23)17(25)22-10-4-11-22/h2-3,5,8-9,12H,4,6-7,10-11,13-14H2,1H3. The Morgan fingerprint density at radius 2 is 1.80 bits per heavy atom. The van der Waals surface area contributed by atoms with Gasteiger partial charge in [-0.3, -0.25) is 14.3 Å². The number of nitrogens with zero attached hydrogens (tertiary/aromatic N) is 5. The Hall–Kier alpha value is -2.57. The maximum atomic E-state index is 13.1. The second-order valence-corrected chi connectivity index (χ2v) is 6.92. The van der Waals surface area contributed by atoms with Gasteiger partial charge in [-0.25, -0.2) is 0 Å². The molecule has 0 spiro atoms. The molecule has 0 N–H and O–H groups in total. The SMILES string of the molecule is Cn1cccc1C(=O)N1CCC(C(=O)N2CCC2)(n2cccn2)CC1. The van der Waals surface area contributed by atoms with Gasteiger partial charge in [0.2, 0.25) is 0 Å². The fraction of sp³-hybridized carbons (Fsp3) is 0.500. The lowest BCUT2D eigenvalue weighted by Crippen LogP contribution is -2.59. The van der Waals surface area contributed by atoms with E-state index in [9.17, 15) is 9.59 Å². The molecule has 132 valence electrons. The highest BCUT2D eigenvalue weighted by Gasteiger charge is 2.47. The highest BCUT2D eigenvalue weighted by molar-refractivity contribution is 5.93. The van der Waals surface area contributed by atoms with Crippen LogP contribution in [0.1, 0.15) is 29.8 Å². The van der Waals surface area contributed by atoms with Crippen molar-refractivity contribution in [1.29, 1.82) is 0 Å². The first-order chi connectivity index (χ1) is 12.1. The zero-order chi connectivity index (χ0) is 17.4. The van der Waals surface area contributed by atoms with E-state index in [4.69, 9.17) is 0 Å². The van der Waals surface area contributed by atoms with Crippen molar-refractivity contribution >= 4 is 11.8 Å². The number of piperidine rings is 1. The van der Waals surface area contributed by atoms with Gasteiger partial charge in [-0.2, -0.15) is 5.10 Å². The van der Waals surface area contributed by atoms with Crippen LogP contribution in [0.5, 0.6) is 0 Å². The molecule has 2 amide bonds. The van der Waals surface area contributed by atoms with Gasteiger partial charge in [-0.15, -0.1) is 0 Å². The Morgan fingerprint density at radius 1 is 1.04 bits per heavy atom. The van der Waals surface area contributed by atoms with Crippen molar-refractivity contribution in [1.82, 2.24) is 24.1 Å². The molecule has 2 saturated heterocycles. The number of likely N-dealkylation sites (tertiary alicyclic amines) is 2. The monoisotopic (exact) mass is 341 g/mol. The largest absolute Gasteiger partial charge is 0.347 e. The van der Waals surface area contributed by atoms with Crippen molar-refractivity contribution in [2.24, 2.45) is 7.05 Å². The van der Waals surface area contributed by atoms with E-state index < -0.39 is 5.54 Å². The molecule has 25 heavy (non-hydrogen) atoms. The first-order valence-electron chi connectivity index (χ1n) is 8.82. The third-order valence-electron chi connectivity index (χ3n) is 5.53. The van der Waals surface area contributed by atoms with Crippen molar-refractivity contribution in [3.05, 3.63) is 42.5 Å². The summed E-state index contributed by atoms with van der Waals surface area (Å²) in [5.74, 6) is 0.173. The molecule has 0 saturated carbocycles. The first kappa shape index (κ1) is 15.9. The minimum Gasteiger partial charge on any atom is -0.347 e. The van der Waals surface area contributed by atoms with Gasteiger partial charge >= 0.3 is 0 Å². The number of rotatable bonds is 3. The molecule has 2 aliphatic rings. The van der Waals surface area contributed by atoms with Gasteiger partial charge in [-0.1, -0.05) is 0 Å². The Labute approximate surface area is 146 Å². The van der Waals surface area contributed by atoms with Crippen molar-refractivity contribution in [3.8, 4) is 0 Å². The minimum absolute atomic E-state index is 0.0259. The van der Waals surface area contributed by atoms with Gasteiger partial charge in [0.1, 0.15) is 11.2 Å². The third-order valence-corrected chi connectivity index (χ3v) is 5.53. The Balaban J connectivity index is 1.55. The Morgan fingerprint density at radius 3 is 2.32 bits per heavy atom. The van der Waals surface area contributed by atoms with Crippen LogP contribution < -0.4 is 0 Å². The zero-order valence-electron chi connectivity index (χ0n) is 14.5. The number of carbonyl (C=O) groups is 2. The first-order valence-corrected chi connectivity index (χ1v) is 8.82. The van der Waals surface area contributed by atoms with Crippen LogP contribution in [-0.4, -0.2) is 62.1 Å². The van der Waals surface area contributed by atoms with Gasteiger partial charge in [0.15, 0.2) is 0 Å². The lowest BCUT2D eigenvalue weighted by atomic mass is 9.85. The summed E-state index contributed by atoms with van der Waals surface area (Å²) in [4.78, 5) is 29.6. The smallest absolute Gasteiger partial charge is 0.270 e. The molecule has 0 unspecified atom stereocenters. The summed E-state index contributed by atoms with van der Waals surface area (Å²) in [6.45, 7) is 2.77. The molecule has 4 heterocycles. The van der Waals surface area contributed by atoms with Crippen LogP contribution in [0.2, 0.25) is 0 Å². The van der Waals surface area contributed by atoms with E-state index in [0.29, 0.717) is 31.6 Å². The maximum absolute atomic E-state index is 13.1. The second kappa shape index (κ2) is 6.06. The van der Waals surface area contributed by atoms with Gasteiger partial charge < -0.3 is 14.4 Å². The quantitative estimate of drug-likeness (QED) is 0.839. The van der Waals surface area contributed by atoms with E-state index in [0.717, 1.165) is 19.5 Å². The van der Waals surface area contributed by atoms with Crippen molar-refractivity contribution in [2.75, 3.05) is 26.2 Å². The van der Waals surface area contributed by atoms with Crippen molar-refractivity contribution < 1.29 is 9.59 Å². The average Bonchev–Trinajstić information content (AvgIpc) is 3.24. The molecule has 2 aliphatic heterocycles. The highest BCUT2D eigenvalue weighted by Crippen LogP contribution is 2.33. The van der Waals surface area contributed by atoms with Gasteiger partial charge in [0.05, 0.1) is 0 Å². The van der Waals surface area contributed by atoms with Crippen LogP contribution in [0.3, 0.4) is 0 Å². The minimum atomic E-state index is -0.658. The molecule has 7 nitrogen and oxygen atoms in total. The van der Waals surface area contributed by atoms with Gasteiger partial charge in [0.25, 0.3) is 11.8 Å². The van der Waals surface area contributed by atoms with Crippen LogP contribution in [0.25, 0.3) is 0 Å². The molecule has 4 rings (SSSR count). The predicted molar refractivity (Wildman–Crippen MR) is 91.9 cm³/mol. The van der Waals surface area contributed by atoms with Crippen LogP contribution >= 0.6 is 0 Å². The predicted octanol–water partition coefficient (Wildman–Crippen LogP) is 1.09. The molecule has 7 heteroatoms. The molecule has 0 atom stereocenters. The Kier molecular flexibility index (Phi) is 3.86. The third kappa shape index (κ3) is 2.54. The van der Waals surface area contributed by atoms with E-state index in [1.54, 1.807) is 10.9 Å². The second-order valence-electron chi connectivity index (χ2n) is 6.92. The molecular weight excluding hydrogens is 318 g/mol. The number of amides is 2. The number of carbonyl (C=O) groups excluding carboxylic acids is 2. The number of aromatic nitrogens is 3. The van der Waals surface area contributed by atoms with Crippen molar-refractivity contribution in [2.45, 2.75) is 24.8 Å². The molecule has 0 radical (unpaired) electrons. The highest BCUT2D eigenvalue weighted by atomic mass is 16.2. The Bertz CT molecular complexity index is 767. The molecule has 0 aliphatic carbocycles. The van der Waals surface area contributed by atoms with Gasteiger partial charge in [0, 0.05) is 51.8 Å². The van der Waals surface area contributed by atoms with Crippen LogP contribution in [0.15, 0.2) is 36.8 Å². The van der Waals surface area contributed by atoms with Crippen molar-refractivity contribution in [3.63, 3.8) is 0 Å². The van der Waals surface area contributed by atoms with E-state index in [1.165, 1.54) is 0 Å². The van der Waals surface area contributed by atoms with E-state index in [1.807, 2.05) is 52.0 Å². The normalized spacial score (nSPS) is 19.6. The summed E-state index contributed by atoms with van der Waals surface area (Å²) < 4.78 is 3.64. The lowest BCUT2D eigenvalue weighted by Gasteiger charge is -2.45. The number of hydrogen-bond acceptors (Lipinski definition) is 3. The summed E-state index contributed by atoms with van der Waals surface area (Å²) in [7, 11) is 1.87. The average molecular weight is 341 g/mol. The summed E-state index contributed by atoms with van der Waals surface area (Å²) in [5.41, 5.74) is 0.0233. The van der Waals surface area contributed by atoms with E-state index in [2.05, 4.69) is 5.10 Å². The molecule has 2 fully saturated rings. The fourth-order valence-electron chi connectivity index (χ4n) is 3.80. The van der Waals surface area contributed by atoms with Crippen LogP contribution in [-0.2, 0) is 17.4 Å². The number of hydrogen-bond donors (Lipinski definition) is 0. The summed E-state index contributed by atoms with van der Waals surface area (Å²) in [6.07, 6.45) is 7.72. The molecule has 0 aromatic carbocycles. The summed E-state index contributed by atoms with van der Waals surface area (Å²) >= 11 is 0. The summed E-state index contributed by atoms with van der Waals surface area (Å²) in [6, 6.07) is 5.56. The van der Waals surface area contributed by atoms with E-state index >= 15 is 0 Å².